The first kappa shape index (κ1) is 27.4. The molecule has 0 aliphatic heterocycles. The van der Waals surface area contributed by atoms with Crippen molar-refractivity contribution in [1.29, 1.82) is 0 Å². The molecule has 0 atom stereocenters. The number of carbonyl (C=O) groups is 3. The van der Waals surface area contributed by atoms with Crippen molar-refractivity contribution in [1.82, 2.24) is 0 Å². The van der Waals surface area contributed by atoms with Crippen LogP contribution in [0, 0.1) is 0 Å². The molecule has 31 heavy (non-hydrogen) atoms. The van der Waals surface area contributed by atoms with Gasteiger partial charge >= 0.3 is 17.9 Å². The quantitative estimate of drug-likeness (QED) is 0.361. The first-order valence-corrected chi connectivity index (χ1v) is 8.13. The number of benzene rings is 3. The minimum atomic E-state index is -1.18. The van der Waals surface area contributed by atoms with E-state index in [9.17, 15) is 29.7 Å². The van der Waals surface area contributed by atoms with Gasteiger partial charge < -0.3 is 30.6 Å². The summed E-state index contributed by atoms with van der Waals surface area (Å²) in [6.45, 7) is 0. The van der Waals surface area contributed by atoms with E-state index >= 15 is 0 Å². The fraction of sp³-hybridized carbons (Fsp3) is 0. The standard InChI is InChI=1S/3C7H6O3.Pb/c3*8-6-4-2-1-3-5(6)7(9)10;/h3*1-4,8H,(H,9,10);/p-3. The average molecular weight is 619 g/mol. The molecule has 0 aromatic heterocycles. The molecule has 0 saturated carbocycles. The predicted molar refractivity (Wildman–Crippen MR) is 104 cm³/mol. The summed E-state index contributed by atoms with van der Waals surface area (Å²) in [6, 6.07) is 16.6. The molecule has 4 radical (unpaired) electrons. The average Bonchev–Trinajstić information content (AvgIpc) is 2.69. The van der Waals surface area contributed by atoms with Crippen molar-refractivity contribution in [2.45, 2.75) is 0 Å². The van der Waals surface area contributed by atoms with E-state index in [-0.39, 0.29) is 44.0 Å². The van der Waals surface area contributed by atoms with E-state index in [1.807, 2.05) is 0 Å². The van der Waals surface area contributed by atoms with Crippen LogP contribution in [0.4, 0.5) is 0 Å². The maximum atomic E-state index is 10.7. The SMILES string of the molecule is O=C(O)c1ccccc1[O-].O=C(O)c1ccccc1[O-].O=C(O)c1ccccc1[O-].[Pb]. The van der Waals surface area contributed by atoms with Crippen LogP contribution in [0.3, 0.4) is 0 Å². The Hall–Kier alpha value is -3.61. The zero-order valence-corrected chi connectivity index (χ0v) is 19.6. The zero-order chi connectivity index (χ0) is 22.7. The van der Waals surface area contributed by atoms with Gasteiger partial charge in [-0.3, -0.25) is 0 Å². The van der Waals surface area contributed by atoms with E-state index in [1.54, 1.807) is 0 Å². The van der Waals surface area contributed by atoms with Crippen molar-refractivity contribution in [2.24, 2.45) is 0 Å². The summed E-state index contributed by atoms with van der Waals surface area (Å²) < 4.78 is 0. The third-order valence-electron chi connectivity index (χ3n) is 3.35. The summed E-state index contributed by atoms with van der Waals surface area (Å²) in [5, 5.41) is 57.1. The van der Waals surface area contributed by atoms with Crippen LogP contribution < -0.4 is 15.3 Å². The molecule has 0 bridgehead atoms. The summed E-state index contributed by atoms with van der Waals surface area (Å²) in [6.07, 6.45) is 0. The number of rotatable bonds is 3. The Morgan fingerprint density at radius 1 is 0.484 bits per heavy atom. The Balaban J connectivity index is 0.000000429. The monoisotopic (exact) mass is 619 g/mol. The van der Waals surface area contributed by atoms with Crippen LogP contribution in [0.1, 0.15) is 31.1 Å². The normalized spacial score (nSPS) is 8.90. The Morgan fingerprint density at radius 2 is 0.677 bits per heavy atom. The first-order valence-electron chi connectivity index (χ1n) is 8.13. The number of hydrogen-bond acceptors (Lipinski definition) is 6. The van der Waals surface area contributed by atoms with Crippen molar-refractivity contribution >= 4 is 45.2 Å². The fourth-order valence-corrected chi connectivity index (χ4v) is 1.93. The van der Waals surface area contributed by atoms with Gasteiger partial charge in [0.25, 0.3) is 0 Å². The molecule has 3 aromatic carbocycles. The van der Waals surface area contributed by atoms with E-state index < -0.39 is 35.2 Å². The molecule has 0 unspecified atom stereocenters. The number of para-hydroxylation sites is 3. The molecule has 0 aliphatic rings. The summed E-state index contributed by atoms with van der Waals surface area (Å²) >= 11 is 0. The van der Waals surface area contributed by atoms with Gasteiger partial charge in [0, 0.05) is 27.3 Å². The van der Waals surface area contributed by atoms with Gasteiger partial charge in [0.05, 0.1) is 16.7 Å². The number of aromatic carboxylic acids is 3. The van der Waals surface area contributed by atoms with Crippen LogP contribution in [0.5, 0.6) is 17.2 Å². The molecule has 9 nitrogen and oxygen atoms in total. The molecular weight excluding hydrogens is 603 g/mol. The summed E-state index contributed by atoms with van der Waals surface area (Å²) in [7, 11) is 0. The van der Waals surface area contributed by atoms with Gasteiger partial charge in [0.15, 0.2) is 0 Å². The maximum Gasteiger partial charge on any atom is 0.335 e. The van der Waals surface area contributed by atoms with E-state index in [2.05, 4.69) is 0 Å². The van der Waals surface area contributed by atoms with Crippen LogP contribution in [0.15, 0.2) is 72.8 Å². The van der Waals surface area contributed by atoms with Crippen molar-refractivity contribution < 1.29 is 45.0 Å². The van der Waals surface area contributed by atoms with E-state index in [4.69, 9.17) is 15.3 Å². The van der Waals surface area contributed by atoms with Crippen LogP contribution >= 0.6 is 0 Å². The van der Waals surface area contributed by atoms with E-state index in [0.717, 1.165) is 0 Å². The van der Waals surface area contributed by atoms with Crippen molar-refractivity contribution in [3.05, 3.63) is 89.5 Å². The van der Waals surface area contributed by atoms with Gasteiger partial charge in [-0.25, -0.2) is 14.4 Å². The van der Waals surface area contributed by atoms with Crippen LogP contribution in [0.25, 0.3) is 0 Å². The van der Waals surface area contributed by atoms with Crippen molar-refractivity contribution in [3.63, 3.8) is 0 Å². The minimum absolute atomic E-state index is 0. The van der Waals surface area contributed by atoms with E-state index in [0.29, 0.717) is 0 Å². The third-order valence-corrected chi connectivity index (χ3v) is 3.35. The molecular formula is C21H15O9Pb-3. The largest absolute Gasteiger partial charge is 0.872 e. The second kappa shape index (κ2) is 13.6. The van der Waals surface area contributed by atoms with Gasteiger partial charge in [-0.1, -0.05) is 71.8 Å². The van der Waals surface area contributed by atoms with Gasteiger partial charge in [-0.15, -0.1) is 0 Å². The van der Waals surface area contributed by atoms with Crippen molar-refractivity contribution in [2.75, 3.05) is 0 Å². The fourth-order valence-electron chi connectivity index (χ4n) is 1.93. The maximum absolute atomic E-state index is 10.7. The molecule has 10 heteroatoms. The van der Waals surface area contributed by atoms with Crippen LogP contribution in [-0.4, -0.2) is 60.5 Å². The molecule has 0 amide bonds. The first-order chi connectivity index (χ1) is 14.1. The molecule has 0 heterocycles. The summed E-state index contributed by atoms with van der Waals surface area (Å²) in [5.74, 6) is -4.87. The van der Waals surface area contributed by atoms with Gasteiger partial charge in [0.1, 0.15) is 0 Å². The Kier molecular flexibility index (Phi) is 12.0. The smallest absolute Gasteiger partial charge is 0.335 e. The number of carboxylic acid groups (broad SMARTS) is 3. The predicted octanol–water partition coefficient (Wildman–Crippen LogP) is 0.994. The Labute approximate surface area is 196 Å². The number of hydrogen-bond donors (Lipinski definition) is 3. The van der Waals surface area contributed by atoms with Gasteiger partial charge in [-0.2, -0.15) is 0 Å². The minimum Gasteiger partial charge on any atom is -0.872 e. The topological polar surface area (TPSA) is 181 Å². The zero-order valence-electron chi connectivity index (χ0n) is 15.7. The molecule has 0 saturated heterocycles. The second-order valence-electron chi connectivity index (χ2n) is 5.40. The molecule has 0 aliphatic carbocycles. The molecule has 3 rings (SSSR count). The van der Waals surface area contributed by atoms with Crippen LogP contribution in [0.2, 0.25) is 0 Å². The van der Waals surface area contributed by atoms with Gasteiger partial charge in [0.2, 0.25) is 0 Å². The van der Waals surface area contributed by atoms with E-state index in [1.165, 1.54) is 72.8 Å². The Morgan fingerprint density at radius 3 is 0.806 bits per heavy atom. The third kappa shape index (κ3) is 9.17. The molecule has 0 fully saturated rings. The summed E-state index contributed by atoms with van der Waals surface area (Å²) in [4.78, 5) is 30.7. The molecule has 3 N–H and O–H groups in total. The van der Waals surface area contributed by atoms with Crippen LogP contribution in [-0.2, 0) is 0 Å². The number of carboxylic acids is 3. The molecule has 3 aromatic rings. The second-order valence-corrected chi connectivity index (χ2v) is 5.40. The van der Waals surface area contributed by atoms with Crippen molar-refractivity contribution in [3.8, 4) is 17.2 Å². The summed E-state index contributed by atoms with van der Waals surface area (Å²) in [5.41, 5.74) is -0.535. The Bertz CT molecular complexity index is 903. The molecule has 0 spiro atoms. The van der Waals surface area contributed by atoms with Gasteiger partial charge in [-0.05, 0) is 18.2 Å². The molecule has 160 valence electrons.